The second kappa shape index (κ2) is 5.20. The average molecular weight is 147 g/mol. The van der Waals surface area contributed by atoms with Crippen LogP contribution >= 0.6 is 0 Å². The normalized spacial score (nSPS) is 13.0. The number of nitrogens with one attached hydrogen (secondary N) is 1. The first kappa shape index (κ1) is 9.39. The molecule has 0 amide bonds. The van der Waals surface area contributed by atoms with Crippen LogP contribution in [0.4, 0.5) is 0 Å². The Kier molecular flexibility index (Phi) is 4.88. The molecule has 0 heterocycles. The van der Waals surface area contributed by atoms with E-state index >= 15 is 0 Å². The van der Waals surface area contributed by atoms with Crippen molar-refractivity contribution in [1.29, 1.82) is 0 Å². The number of hydrogen-bond acceptors (Lipinski definition) is 3. The summed E-state index contributed by atoms with van der Waals surface area (Å²) in [7, 11) is 1.59. The Morgan fingerprint density at radius 3 is 2.80 bits per heavy atom. The minimum absolute atomic E-state index is 0.00625. The molecule has 1 unspecified atom stereocenters. The minimum atomic E-state index is -0.844. The van der Waals surface area contributed by atoms with Crippen LogP contribution in [0.2, 0.25) is 0 Å². The van der Waals surface area contributed by atoms with Gasteiger partial charge >= 0.3 is 5.97 Å². The van der Waals surface area contributed by atoms with Gasteiger partial charge < -0.3 is 15.2 Å². The summed E-state index contributed by atoms with van der Waals surface area (Å²) in [6.07, 6.45) is 0.0688. The fourth-order valence-corrected chi connectivity index (χ4v) is 0.466. The number of carboxylic acid groups (broad SMARTS) is 1. The van der Waals surface area contributed by atoms with Crippen molar-refractivity contribution in [3.63, 3.8) is 0 Å². The van der Waals surface area contributed by atoms with Gasteiger partial charge in [-0.25, -0.2) is 0 Å². The van der Waals surface area contributed by atoms with Gasteiger partial charge in [-0.1, -0.05) is 0 Å². The van der Waals surface area contributed by atoms with E-state index in [4.69, 9.17) is 9.84 Å². The molecule has 0 saturated heterocycles. The topological polar surface area (TPSA) is 58.6 Å². The number of ether oxygens (including phenoxy) is 1. The molecule has 0 aromatic heterocycles. The molecule has 60 valence electrons. The monoisotopic (exact) mass is 147 g/mol. The zero-order valence-corrected chi connectivity index (χ0v) is 6.26. The fraction of sp³-hybridized carbons (Fsp3) is 0.833. The van der Waals surface area contributed by atoms with Crippen LogP contribution in [0.1, 0.15) is 6.92 Å². The molecule has 0 rings (SSSR count). The minimum Gasteiger partial charge on any atom is -0.480 e. The number of rotatable bonds is 5. The van der Waals surface area contributed by atoms with Crippen LogP contribution < -0.4 is 5.32 Å². The van der Waals surface area contributed by atoms with Crippen LogP contribution in [0, 0.1) is 0 Å². The van der Waals surface area contributed by atoms with Crippen molar-refractivity contribution in [3.8, 4) is 0 Å². The summed E-state index contributed by atoms with van der Waals surface area (Å²) < 4.78 is 4.88. The Morgan fingerprint density at radius 1 is 1.80 bits per heavy atom. The summed E-state index contributed by atoms with van der Waals surface area (Å²) >= 11 is 0. The Bertz CT molecular complexity index is 105. The van der Waals surface area contributed by atoms with Crippen LogP contribution in [-0.4, -0.2) is 37.4 Å². The molecule has 4 nitrogen and oxygen atoms in total. The lowest BCUT2D eigenvalue weighted by Gasteiger charge is -2.08. The Labute approximate surface area is 60.2 Å². The summed E-state index contributed by atoms with van der Waals surface area (Å²) in [4.78, 5) is 9.97. The van der Waals surface area contributed by atoms with Crippen molar-refractivity contribution in [2.75, 3.05) is 20.2 Å². The van der Waals surface area contributed by atoms with Gasteiger partial charge in [-0.05, 0) is 6.92 Å². The van der Waals surface area contributed by atoms with Crippen LogP contribution in [0.25, 0.3) is 0 Å². The fourth-order valence-electron chi connectivity index (χ4n) is 0.466. The number of carboxylic acids is 1. The number of carbonyl (C=O) groups is 1. The van der Waals surface area contributed by atoms with E-state index in [1.165, 1.54) is 0 Å². The van der Waals surface area contributed by atoms with Crippen LogP contribution in [0.5, 0.6) is 0 Å². The maximum absolute atomic E-state index is 9.97. The number of methoxy groups -OCH3 is 1. The Balaban J connectivity index is 3.11. The van der Waals surface area contributed by atoms with Crippen molar-refractivity contribution in [3.05, 3.63) is 0 Å². The first-order valence-corrected chi connectivity index (χ1v) is 3.12. The molecular formula is C6H13NO3. The summed E-state index contributed by atoms with van der Waals surface area (Å²) in [5, 5.41) is 10.9. The molecule has 0 fully saturated rings. The van der Waals surface area contributed by atoms with Crippen molar-refractivity contribution in [1.82, 2.24) is 5.32 Å². The van der Waals surface area contributed by atoms with E-state index in [0.29, 0.717) is 6.54 Å². The molecule has 0 bridgehead atoms. The lowest BCUT2D eigenvalue weighted by atomic mass is 10.4. The van der Waals surface area contributed by atoms with Gasteiger partial charge in [0.15, 0.2) is 0 Å². The maximum atomic E-state index is 9.97. The third-order valence-electron chi connectivity index (χ3n) is 1.11. The lowest BCUT2D eigenvalue weighted by molar-refractivity contribution is -0.136. The summed E-state index contributed by atoms with van der Waals surface area (Å²) in [5.74, 6) is -0.844. The van der Waals surface area contributed by atoms with Gasteiger partial charge in [-0.15, -0.1) is 0 Å². The van der Waals surface area contributed by atoms with Gasteiger partial charge in [0.05, 0.1) is 12.6 Å². The molecule has 1 atom stereocenters. The standard InChI is InChI=1S/C6H13NO3/c1-5(10-2)3-7-4-6(8)9/h5,7H,3-4H2,1-2H3,(H,8,9). The Hall–Kier alpha value is -0.610. The van der Waals surface area contributed by atoms with Crippen molar-refractivity contribution in [2.45, 2.75) is 13.0 Å². The van der Waals surface area contributed by atoms with E-state index in [2.05, 4.69) is 5.32 Å². The molecule has 10 heavy (non-hydrogen) atoms. The maximum Gasteiger partial charge on any atom is 0.317 e. The molecule has 0 aliphatic carbocycles. The molecule has 0 aliphatic heterocycles. The zero-order chi connectivity index (χ0) is 7.98. The SMILES string of the molecule is COC(C)CNCC(=O)O. The highest BCUT2D eigenvalue weighted by Crippen LogP contribution is 1.82. The average Bonchev–Trinajstić information content (AvgIpc) is 1.87. The zero-order valence-electron chi connectivity index (χ0n) is 6.26. The van der Waals surface area contributed by atoms with Crippen LogP contribution in [-0.2, 0) is 9.53 Å². The van der Waals surface area contributed by atoms with Gasteiger partial charge in [0.25, 0.3) is 0 Å². The molecule has 0 aliphatic rings. The molecule has 0 aromatic carbocycles. The quantitative estimate of drug-likeness (QED) is 0.560. The predicted octanol–water partition coefficient (Wildman–Crippen LogP) is -0.305. The van der Waals surface area contributed by atoms with E-state index in [0.717, 1.165) is 0 Å². The first-order chi connectivity index (χ1) is 4.66. The summed E-state index contributed by atoms with van der Waals surface area (Å²) in [5.41, 5.74) is 0. The molecule has 4 heteroatoms. The lowest BCUT2D eigenvalue weighted by Crippen LogP contribution is -2.30. The largest absolute Gasteiger partial charge is 0.480 e. The molecule has 0 aromatic rings. The second-order valence-electron chi connectivity index (χ2n) is 2.07. The first-order valence-electron chi connectivity index (χ1n) is 3.12. The smallest absolute Gasteiger partial charge is 0.317 e. The molecular weight excluding hydrogens is 134 g/mol. The highest BCUT2D eigenvalue weighted by atomic mass is 16.5. The van der Waals surface area contributed by atoms with Crippen LogP contribution in [0.3, 0.4) is 0 Å². The van der Waals surface area contributed by atoms with Crippen molar-refractivity contribution < 1.29 is 14.6 Å². The third kappa shape index (κ3) is 5.53. The van der Waals surface area contributed by atoms with Gasteiger partial charge in [-0.2, -0.15) is 0 Å². The molecule has 0 spiro atoms. The molecule has 2 N–H and O–H groups in total. The Morgan fingerprint density at radius 2 is 2.40 bits per heavy atom. The van der Waals surface area contributed by atoms with Gasteiger partial charge in [-0.3, -0.25) is 4.79 Å². The van der Waals surface area contributed by atoms with E-state index in [-0.39, 0.29) is 12.6 Å². The number of aliphatic carboxylic acids is 1. The van der Waals surface area contributed by atoms with Crippen molar-refractivity contribution in [2.24, 2.45) is 0 Å². The summed E-state index contributed by atoms with van der Waals surface area (Å²) in [6.45, 7) is 2.44. The van der Waals surface area contributed by atoms with Gasteiger partial charge in [0.1, 0.15) is 0 Å². The van der Waals surface area contributed by atoms with Gasteiger partial charge in [0, 0.05) is 13.7 Å². The van der Waals surface area contributed by atoms with Crippen LogP contribution in [0.15, 0.2) is 0 Å². The van der Waals surface area contributed by atoms with E-state index < -0.39 is 5.97 Å². The predicted molar refractivity (Wildman–Crippen MR) is 37.0 cm³/mol. The van der Waals surface area contributed by atoms with Crippen molar-refractivity contribution >= 4 is 5.97 Å². The molecule has 0 saturated carbocycles. The molecule has 0 radical (unpaired) electrons. The van der Waals surface area contributed by atoms with E-state index in [9.17, 15) is 4.79 Å². The highest BCUT2D eigenvalue weighted by Gasteiger charge is 1.99. The number of hydrogen-bond donors (Lipinski definition) is 2. The van der Waals surface area contributed by atoms with E-state index in [1.54, 1.807) is 7.11 Å². The highest BCUT2D eigenvalue weighted by molar-refractivity contribution is 5.68. The summed E-state index contributed by atoms with van der Waals surface area (Å²) in [6, 6.07) is 0. The third-order valence-corrected chi connectivity index (χ3v) is 1.11. The van der Waals surface area contributed by atoms with E-state index in [1.807, 2.05) is 6.92 Å². The second-order valence-corrected chi connectivity index (χ2v) is 2.07. The van der Waals surface area contributed by atoms with Gasteiger partial charge in [0.2, 0.25) is 0 Å².